The van der Waals surface area contributed by atoms with Crippen LogP contribution in [0.1, 0.15) is 45.7 Å². The number of nitrogens with one attached hydrogen (secondary N) is 1. The third-order valence-electron chi connectivity index (χ3n) is 3.27. The van der Waals surface area contributed by atoms with E-state index in [2.05, 4.69) is 50.4 Å². The van der Waals surface area contributed by atoms with Crippen LogP contribution in [0, 0.1) is 5.92 Å². The van der Waals surface area contributed by atoms with Gasteiger partial charge in [-0.1, -0.05) is 63.7 Å². The van der Waals surface area contributed by atoms with Gasteiger partial charge in [0.25, 0.3) is 0 Å². The molecule has 21 heavy (non-hydrogen) atoms. The fourth-order valence-electron chi connectivity index (χ4n) is 1.80. The molecule has 1 amide bonds. The summed E-state index contributed by atoms with van der Waals surface area (Å²) in [6.45, 7) is 10.4. The van der Waals surface area contributed by atoms with Crippen molar-refractivity contribution in [3.8, 4) is 0 Å². The zero-order valence-electron chi connectivity index (χ0n) is 13.5. The molecule has 3 nitrogen and oxygen atoms in total. The Hall–Kier alpha value is -1.29. The van der Waals surface area contributed by atoms with E-state index in [-0.39, 0.29) is 22.4 Å². The molecular weight excluding hydrogens is 282 g/mol. The second-order valence-corrected chi connectivity index (χ2v) is 7.57. The zero-order chi connectivity index (χ0) is 16.0. The minimum atomic E-state index is -0.159. The Morgan fingerprint density at radius 3 is 2.24 bits per heavy atom. The normalized spacial score (nSPS) is 12.8. The molecule has 116 valence electrons. The van der Waals surface area contributed by atoms with Crippen molar-refractivity contribution in [3.63, 3.8) is 0 Å². The van der Waals surface area contributed by atoms with E-state index in [1.54, 1.807) is 0 Å². The quantitative estimate of drug-likeness (QED) is 0.905. The van der Waals surface area contributed by atoms with E-state index in [0.717, 1.165) is 5.56 Å². The van der Waals surface area contributed by atoms with Crippen molar-refractivity contribution in [1.29, 1.82) is 0 Å². The van der Waals surface area contributed by atoms with Crippen LogP contribution in [-0.4, -0.2) is 16.8 Å². The van der Waals surface area contributed by atoms with Crippen molar-refractivity contribution < 1.29 is 9.59 Å². The number of carbonyl (C=O) groups is 2. The summed E-state index contributed by atoms with van der Waals surface area (Å²) in [6.07, 6.45) is 0. The van der Waals surface area contributed by atoms with Crippen molar-refractivity contribution in [2.24, 2.45) is 5.92 Å². The van der Waals surface area contributed by atoms with Crippen molar-refractivity contribution in [2.75, 3.05) is 5.75 Å². The maximum absolute atomic E-state index is 11.9. The van der Waals surface area contributed by atoms with Crippen molar-refractivity contribution in [1.82, 2.24) is 5.32 Å². The lowest BCUT2D eigenvalue weighted by molar-refractivity contribution is -0.124. The summed E-state index contributed by atoms with van der Waals surface area (Å²) in [4.78, 5) is 22.8. The minimum Gasteiger partial charge on any atom is -0.352 e. The minimum absolute atomic E-state index is 0.0105. The van der Waals surface area contributed by atoms with Gasteiger partial charge >= 0.3 is 0 Å². The highest BCUT2D eigenvalue weighted by molar-refractivity contribution is 8.13. The first-order valence-corrected chi connectivity index (χ1v) is 8.19. The number of benzene rings is 1. The average Bonchev–Trinajstić information content (AvgIpc) is 2.41. The molecular formula is C17H25NO2S. The van der Waals surface area contributed by atoms with E-state index >= 15 is 0 Å². The highest BCUT2D eigenvalue weighted by atomic mass is 32.2. The number of rotatable bonds is 5. The molecule has 4 heteroatoms. The summed E-state index contributed by atoms with van der Waals surface area (Å²) in [5.41, 5.74) is 2.51. The fraction of sp³-hybridized carbons (Fsp3) is 0.529. The Kier molecular flexibility index (Phi) is 6.46. The van der Waals surface area contributed by atoms with Crippen molar-refractivity contribution in [3.05, 3.63) is 35.4 Å². The van der Waals surface area contributed by atoms with Crippen LogP contribution in [0.25, 0.3) is 0 Å². The van der Waals surface area contributed by atoms with E-state index in [9.17, 15) is 9.59 Å². The summed E-state index contributed by atoms with van der Waals surface area (Å²) >= 11 is 1.19. The van der Waals surface area contributed by atoms with Crippen LogP contribution >= 0.6 is 11.8 Å². The third-order valence-corrected chi connectivity index (χ3v) is 4.34. The van der Waals surface area contributed by atoms with Gasteiger partial charge in [0.2, 0.25) is 5.91 Å². The predicted octanol–water partition coefficient (Wildman–Crippen LogP) is 3.52. The maximum atomic E-state index is 11.9. The fourth-order valence-corrected chi connectivity index (χ4v) is 2.44. The van der Waals surface area contributed by atoms with Gasteiger partial charge in [-0.05, 0) is 16.5 Å². The highest BCUT2D eigenvalue weighted by Crippen LogP contribution is 2.22. The number of amides is 1. The Balaban J connectivity index is 2.48. The molecule has 1 aromatic rings. The molecule has 0 unspecified atom stereocenters. The van der Waals surface area contributed by atoms with Gasteiger partial charge in [0.05, 0.1) is 0 Å². The molecule has 0 aliphatic heterocycles. The van der Waals surface area contributed by atoms with Gasteiger partial charge in [-0.3, -0.25) is 9.59 Å². The van der Waals surface area contributed by atoms with Gasteiger partial charge in [0.15, 0.2) is 5.12 Å². The van der Waals surface area contributed by atoms with Gasteiger partial charge in [0, 0.05) is 25.1 Å². The van der Waals surface area contributed by atoms with Crippen LogP contribution in [0.2, 0.25) is 0 Å². The Morgan fingerprint density at radius 2 is 1.76 bits per heavy atom. The van der Waals surface area contributed by atoms with E-state index in [1.165, 1.54) is 24.2 Å². The first kappa shape index (κ1) is 17.8. The van der Waals surface area contributed by atoms with E-state index in [4.69, 9.17) is 0 Å². The Labute approximate surface area is 131 Å². The Morgan fingerprint density at radius 1 is 1.19 bits per heavy atom. The molecule has 0 aromatic heterocycles. The smallest absolute Gasteiger partial charge is 0.223 e. The molecule has 0 spiro atoms. The SMILES string of the molecule is CC(=O)SC[C@@H](C)C(=O)NCc1ccc(C(C)(C)C)cc1. The van der Waals surface area contributed by atoms with Gasteiger partial charge in [-0.2, -0.15) is 0 Å². The van der Waals surface area contributed by atoms with Crippen LogP contribution < -0.4 is 5.32 Å². The van der Waals surface area contributed by atoms with Crippen LogP contribution in [-0.2, 0) is 21.5 Å². The molecule has 0 saturated heterocycles. The van der Waals surface area contributed by atoms with Crippen LogP contribution in [0.3, 0.4) is 0 Å². The van der Waals surface area contributed by atoms with E-state index in [0.29, 0.717) is 12.3 Å². The van der Waals surface area contributed by atoms with Crippen LogP contribution in [0.5, 0.6) is 0 Å². The van der Waals surface area contributed by atoms with Crippen LogP contribution in [0.15, 0.2) is 24.3 Å². The highest BCUT2D eigenvalue weighted by Gasteiger charge is 2.15. The summed E-state index contributed by atoms with van der Waals surface area (Å²) < 4.78 is 0. The lowest BCUT2D eigenvalue weighted by atomic mass is 9.87. The first-order chi connectivity index (χ1) is 9.70. The molecule has 1 rings (SSSR count). The molecule has 1 aromatic carbocycles. The molecule has 0 radical (unpaired) electrons. The van der Waals surface area contributed by atoms with Crippen molar-refractivity contribution in [2.45, 2.75) is 46.6 Å². The molecule has 0 aliphatic carbocycles. The Bertz CT molecular complexity index is 489. The first-order valence-electron chi connectivity index (χ1n) is 7.20. The molecule has 1 atom stereocenters. The molecule has 0 fully saturated rings. The zero-order valence-corrected chi connectivity index (χ0v) is 14.3. The molecule has 0 aliphatic rings. The predicted molar refractivity (Wildman–Crippen MR) is 89.3 cm³/mol. The van der Waals surface area contributed by atoms with Gasteiger partial charge < -0.3 is 5.32 Å². The third kappa shape index (κ3) is 6.34. The summed E-state index contributed by atoms with van der Waals surface area (Å²) in [5.74, 6) is 0.362. The monoisotopic (exact) mass is 307 g/mol. The van der Waals surface area contributed by atoms with Gasteiger partial charge in [-0.25, -0.2) is 0 Å². The summed E-state index contributed by atoms with van der Waals surface area (Å²) in [7, 11) is 0. The molecule has 0 saturated carbocycles. The van der Waals surface area contributed by atoms with Gasteiger partial charge in [0.1, 0.15) is 0 Å². The van der Waals surface area contributed by atoms with E-state index in [1.807, 2.05) is 6.92 Å². The summed E-state index contributed by atoms with van der Waals surface area (Å²) in [5, 5.41) is 2.97. The van der Waals surface area contributed by atoms with Crippen LogP contribution in [0.4, 0.5) is 0 Å². The molecule has 0 heterocycles. The second-order valence-electron chi connectivity index (χ2n) is 6.37. The number of hydrogen-bond donors (Lipinski definition) is 1. The topological polar surface area (TPSA) is 46.2 Å². The van der Waals surface area contributed by atoms with Gasteiger partial charge in [-0.15, -0.1) is 0 Å². The number of carbonyl (C=O) groups excluding carboxylic acids is 2. The van der Waals surface area contributed by atoms with Crippen molar-refractivity contribution >= 4 is 22.8 Å². The molecule has 0 bridgehead atoms. The number of thioether (sulfide) groups is 1. The largest absolute Gasteiger partial charge is 0.352 e. The lowest BCUT2D eigenvalue weighted by Gasteiger charge is -2.19. The lowest BCUT2D eigenvalue weighted by Crippen LogP contribution is -2.30. The second kappa shape index (κ2) is 7.64. The standard InChI is InChI=1S/C17H25NO2S/c1-12(11-21-13(2)19)16(20)18-10-14-6-8-15(9-7-14)17(3,4)5/h6-9,12H,10-11H2,1-5H3,(H,18,20)/t12-/m1/s1. The van der Waals surface area contributed by atoms with E-state index < -0.39 is 0 Å². The number of hydrogen-bond acceptors (Lipinski definition) is 3. The average molecular weight is 307 g/mol. The summed E-state index contributed by atoms with van der Waals surface area (Å²) in [6, 6.07) is 8.32. The molecule has 1 N–H and O–H groups in total. The maximum Gasteiger partial charge on any atom is 0.223 e.